The Balaban J connectivity index is 1.63. The van der Waals surface area contributed by atoms with E-state index >= 15 is 0 Å². The summed E-state index contributed by atoms with van der Waals surface area (Å²) in [4.78, 5) is 58.8. The maximum atomic E-state index is 12.8. The summed E-state index contributed by atoms with van der Waals surface area (Å²) >= 11 is 0. The average Bonchev–Trinajstić information content (AvgIpc) is 3.47. The van der Waals surface area contributed by atoms with Gasteiger partial charge < -0.3 is 34.6 Å². The van der Waals surface area contributed by atoms with E-state index in [4.69, 9.17) is 0 Å². The number of carbonyl (C=O) groups is 4. The summed E-state index contributed by atoms with van der Waals surface area (Å²) < 4.78 is 4.58. The molecule has 0 fully saturated rings. The van der Waals surface area contributed by atoms with Gasteiger partial charge in [-0.1, -0.05) is 0 Å². The maximum Gasteiger partial charge on any atom is 0.359 e. The minimum Gasteiger partial charge on any atom is -0.341 e. The highest BCUT2D eigenvalue weighted by atomic mass is 16.2. The molecule has 3 rings (SSSR count). The topological polar surface area (TPSA) is 165 Å². The molecule has 0 aliphatic carbocycles. The Morgan fingerprint density at radius 3 is 2.19 bits per heavy atom. The number of aryl methyl sites for hydroxylation is 3. The van der Waals surface area contributed by atoms with Crippen molar-refractivity contribution >= 4 is 41.5 Å². The van der Waals surface area contributed by atoms with Crippen molar-refractivity contribution in [2.75, 3.05) is 43.1 Å². The first kappa shape index (κ1) is 26.3. The Hall–Kier alpha value is -4.30. The number of hydrogen-bond acceptors (Lipinski definition) is 7. The number of nitrogens with one attached hydrogen (secondary N) is 3. The molecule has 14 nitrogen and oxygen atoms in total. The van der Waals surface area contributed by atoms with E-state index in [9.17, 15) is 19.2 Å². The van der Waals surface area contributed by atoms with Crippen LogP contribution in [0.2, 0.25) is 0 Å². The molecular weight excluding hydrogens is 468 g/mol. The largest absolute Gasteiger partial charge is 0.359 e. The number of primary amides is 1. The number of aromatic nitrogens is 5. The molecule has 0 aliphatic rings. The molecule has 0 bridgehead atoms. The number of carbonyl (C=O) groups excluding carboxylic acids is 4. The number of anilines is 3. The molecular formula is C22H31N10O4+. The van der Waals surface area contributed by atoms with Crippen LogP contribution in [0, 0.1) is 0 Å². The van der Waals surface area contributed by atoms with Gasteiger partial charge in [-0.25, -0.2) is 14.8 Å². The van der Waals surface area contributed by atoms with Gasteiger partial charge in [0, 0.05) is 52.7 Å². The third kappa shape index (κ3) is 6.43. The molecule has 3 aromatic rings. The highest BCUT2D eigenvalue weighted by Crippen LogP contribution is 2.15. The highest BCUT2D eigenvalue weighted by Gasteiger charge is 2.21. The summed E-state index contributed by atoms with van der Waals surface area (Å²) in [6, 6.07) is 1.61. The molecule has 4 amide bonds. The third-order valence-electron chi connectivity index (χ3n) is 5.26. The molecule has 0 unspecified atom stereocenters. The van der Waals surface area contributed by atoms with Gasteiger partial charge in [0.1, 0.15) is 5.69 Å². The second kappa shape index (κ2) is 11.4. The number of hydrogen-bond donors (Lipinski definition) is 4. The van der Waals surface area contributed by atoms with Crippen LogP contribution in [0.1, 0.15) is 38.1 Å². The van der Waals surface area contributed by atoms with Gasteiger partial charge in [-0.3, -0.25) is 19.7 Å². The zero-order chi connectivity index (χ0) is 26.4. The Morgan fingerprint density at radius 1 is 0.944 bits per heavy atom. The van der Waals surface area contributed by atoms with Crippen LogP contribution in [0.4, 0.5) is 17.3 Å². The Labute approximate surface area is 207 Å². The van der Waals surface area contributed by atoms with Crippen LogP contribution in [0.5, 0.6) is 0 Å². The summed E-state index contributed by atoms with van der Waals surface area (Å²) in [5, 5.41) is 9.35. The van der Waals surface area contributed by atoms with Crippen molar-refractivity contribution < 1.29 is 24.5 Å². The van der Waals surface area contributed by atoms with Crippen LogP contribution in [0.25, 0.3) is 0 Å². The minimum atomic E-state index is -0.561. The third-order valence-corrected chi connectivity index (χ3v) is 5.26. The van der Waals surface area contributed by atoms with Crippen molar-refractivity contribution in [2.24, 2.45) is 21.1 Å². The lowest BCUT2D eigenvalue weighted by Crippen LogP contribution is -2.88. The smallest absolute Gasteiger partial charge is 0.341 e. The number of quaternary nitrogens is 1. The van der Waals surface area contributed by atoms with E-state index in [1.54, 1.807) is 43.3 Å². The lowest BCUT2D eigenvalue weighted by Gasteiger charge is -2.07. The minimum absolute atomic E-state index is 0.0519. The fourth-order valence-electron chi connectivity index (χ4n) is 3.53. The van der Waals surface area contributed by atoms with E-state index in [1.165, 1.54) is 21.5 Å². The summed E-state index contributed by atoms with van der Waals surface area (Å²) in [7, 11) is 8.93. The molecule has 5 N–H and O–H groups in total. The van der Waals surface area contributed by atoms with Crippen LogP contribution in [0.3, 0.4) is 0 Å². The van der Waals surface area contributed by atoms with E-state index in [2.05, 4.69) is 30.8 Å². The second-order valence-electron chi connectivity index (χ2n) is 8.53. The van der Waals surface area contributed by atoms with E-state index in [0.717, 1.165) is 13.0 Å². The van der Waals surface area contributed by atoms with E-state index in [0.29, 0.717) is 24.3 Å². The molecule has 3 heterocycles. The normalized spacial score (nSPS) is 10.9. The van der Waals surface area contributed by atoms with Crippen LogP contribution in [-0.2, 0) is 25.9 Å². The van der Waals surface area contributed by atoms with E-state index < -0.39 is 11.8 Å². The van der Waals surface area contributed by atoms with Gasteiger partial charge >= 0.3 is 5.91 Å². The first-order valence-corrected chi connectivity index (χ1v) is 11.2. The molecule has 0 aliphatic heterocycles. The summed E-state index contributed by atoms with van der Waals surface area (Å²) in [5.41, 5.74) is 0.908. The number of rotatable bonds is 11. The van der Waals surface area contributed by atoms with Gasteiger partial charge in [-0.15, -0.1) is 0 Å². The van der Waals surface area contributed by atoms with Crippen LogP contribution >= 0.6 is 0 Å². The monoisotopic (exact) mass is 499 g/mol. The maximum absolute atomic E-state index is 12.8. The van der Waals surface area contributed by atoms with Gasteiger partial charge in [0.25, 0.3) is 11.8 Å². The van der Waals surface area contributed by atoms with Crippen molar-refractivity contribution in [1.29, 1.82) is 0 Å². The Kier molecular flexibility index (Phi) is 8.34. The highest BCUT2D eigenvalue weighted by molar-refractivity contribution is 6.04. The number of nitrogens with zero attached hydrogens (tertiary/aromatic N) is 6. The zero-order valence-corrected chi connectivity index (χ0v) is 20.9. The molecule has 0 saturated heterocycles. The fourth-order valence-corrected chi connectivity index (χ4v) is 3.53. The van der Waals surface area contributed by atoms with Gasteiger partial charge in [-0.05, 0) is 20.2 Å². The molecule has 3 aromatic heterocycles. The molecule has 192 valence electrons. The quantitative estimate of drug-likeness (QED) is 0.198. The fraction of sp³-hybridized carbons (Fsp3) is 0.364. The first-order chi connectivity index (χ1) is 17.1. The second-order valence-corrected chi connectivity index (χ2v) is 8.53. The summed E-state index contributed by atoms with van der Waals surface area (Å²) in [5.74, 6) is -0.694. The Bertz CT molecular complexity index is 1270. The number of nitrogens with two attached hydrogens (primary N) is 1. The summed E-state index contributed by atoms with van der Waals surface area (Å²) in [6.45, 7) is 1.56. The van der Waals surface area contributed by atoms with Crippen molar-refractivity contribution in [3.8, 4) is 0 Å². The molecule has 0 radical (unpaired) electrons. The van der Waals surface area contributed by atoms with Crippen LogP contribution in [-0.4, -0.2) is 79.9 Å². The van der Waals surface area contributed by atoms with Crippen LogP contribution in [0.15, 0.2) is 24.7 Å². The standard InChI is InChI=1S/C22H30N10O4/c1-29(2)8-6-7-23-20(34)15-9-14(10-30(15)3)25-21(35)18-27-17(12-32(18)5)28-22(36)19-26-16(24-13-33)11-31(19)4/h9-13H,6-8H2,1-5H3,(H,23,34)(H,24,33)(H,25,35)(H,28,36)/p+1. The number of amides is 4. The lowest BCUT2D eigenvalue weighted by molar-refractivity contribution is -0.555. The lowest BCUT2D eigenvalue weighted by atomic mass is 10.3. The van der Waals surface area contributed by atoms with Crippen LogP contribution < -0.4 is 21.3 Å². The van der Waals surface area contributed by atoms with Crippen molar-refractivity contribution in [3.63, 3.8) is 0 Å². The molecule has 0 spiro atoms. The van der Waals surface area contributed by atoms with Gasteiger partial charge in [-0.2, -0.15) is 0 Å². The van der Waals surface area contributed by atoms with Crippen molar-refractivity contribution in [1.82, 2.24) is 28.6 Å². The molecule has 14 heteroatoms. The molecule has 36 heavy (non-hydrogen) atoms. The van der Waals surface area contributed by atoms with E-state index in [1.807, 2.05) is 14.1 Å². The van der Waals surface area contributed by atoms with Crippen molar-refractivity contribution in [3.05, 3.63) is 42.0 Å². The summed E-state index contributed by atoms with van der Waals surface area (Å²) in [6.07, 6.45) is 5.96. The van der Waals surface area contributed by atoms with Gasteiger partial charge in [0.05, 0.1) is 12.2 Å². The average molecular weight is 500 g/mol. The number of imidazole rings is 2. The molecule has 0 saturated carbocycles. The van der Waals surface area contributed by atoms with Gasteiger partial charge in [0.15, 0.2) is 11.6 Å². The predicted molar refractivity (Wildman–Crippen MR) is 132 cm³/mol. The van der Waals surface area contributed by atoms with Gasteiger partial charge in [0.2, 0.25) is 18.1 Å². The molecule has 0 atom stereocenters. The molecule has 0 aromatic carbocycles. The van der Waals surface area contributed by atoms with E-state index in [-0.39, 0.29) is 29.2 Å². The zero-order valence-electron chi connectivity index (χ0n) is 20.9. The predicted octanol–water partition coefficient (Wildman–Crippen LogP) is -0.780. The first-order valence-electron chi connectivity index (χ1n) is 11.2. The van der Waals surface area contributed by atoms with Crippen molar-refractivity contribution in [2.45, 2.75) is 6.42 Å². The SMILES string of the molecule is CN(C)CCC[NH2+]C(=O)c1cc(NC(=O)c2nc(NC(=O)c3nc(NC=O)cn3C)cn2C)cn1C. The Morgan fingerprint density at radius 2 is 1.56 bits per heavy atom.